The summed E-state index contributed by atoms with van der Waals surface area (Å²) in [6.45, 7) is 3.60. The summed E-state index contributed by atoms with van der Waals surface area (Å²) < 4.78 is 0. The lowest BCUT2D eigenvalue weighted by Crippen LogP contribution is -2.22. The van der Waals surface area contributed by atoms with E-state index in [4.69, 9.17) is 10.4 Å². The molecule has 0 unspecified atom stereocenters. The summed E-state index contributed by atoms with van der Waals surface area (Å²) in [5.74, 6) is -1.74. The second kappa shape index (κ2) is 5.77. The Balaban J connectivity index is 3.48. The topological polar surface area (TPSA) is 90.2 Å². The molecule has 0 fully saturated rings. The van der Waals surface area contributed by atoms with E-state index in [2.05, 4.69) is 11.9 Å². The van der Waals surface area contributed by atoms with Crippen molar-refractivity contribution in [1.82, 2.24) is 5.32 Å². The molecule has 0 saturated carbocycles. The third kappa shape index (κ3) is 5.44. The third-order valence-corrected chi connectivity index (χ3v) is 1.34. The van der Waals surface area contributed by atoms with Crippen molar-refractivity contribution in [3.8, 4) is 6.07 Å². The van der Waals surface area contributed by atoms with E-state index in [1.165, 1.54) is 6.07 Å². The minimum Gasteiger partial charge on any atom is -0.478 e. The van der Waals surface area contributed by atoms with Gasteiger partial charge in [-0.15, -0.1) is 0 Å². The van der Waals surface area contributed by atoms with Gasteiger partial charge in [0, 0.05) is 12.1 Å². The van der Waals surface area contributed by atoms with E-state index in [-0.39, 0.29) is 5.57 Å². The second-order valence-corrected chi connectivity index (χ2v) is 2.38. The summed E-state index contributed by atoms with van der Waals surface area (Å²) in [5.41, 5.74) is 0.103. The highest BCUT2D eigenvalue weighted by Gasteiger charge is 2.03. The number of nitriles is 1. The SMILES string of the molecule is C=C(CCCNC(=O)C#N)C(=O)O. The molecule has 13 heavy (non-hydrogen) atoms. The fourth-order valence-corrected chi connectivity index (χ4v) is 0.650. The quantitative estimate of drug-likeness (QED) is 0.357. The molecule has 0 aromatic heterocycles. The number of amides is 1. The van der Waals surface area contributed by atoms with Crippen LogP contribution in [0.1, 0.15) is 12.8 Å². The van der Waals surface area contributed by atoms with Crippen molar-refractivity contribution in [2.45, 2.75) is 12.8 Å². The lowest BCUT2D eigenvalue weighted by atomic mass is 10.2. The van der Waals surface area contributed by atoms with Gasteiger partial charge in [0.15, 0.2) is 6.07 Å². The number of carboxylic acid groups (broad SMARTS) is 1. The van der Waals surface area contributed by atoms with Gasteiger partial charge in [-0.1, -0.05) is 6.58 Å². The normalized spacial score (nSPS) is 8.54. The van der Waals surface area contributed by atoms with Gasteiger partial charge < -0.3 is 10.4 Å². The number of hydrogen-bond donors (Lipinski definition) is 2. The van der Waals surface area contributed by atoms with Crippen LogP contribution in [0, 0.1) is 11.3 Å². The van der Waals surface area contributed by atoms with Gasteiger partial charge in [-0.3, -0.25) is 4.79 Å². The number of hydrogen-bond acceptors (Lipinski definition) is 3. The molecule has 0 aliphatic heterocycles. The molecule has 70 valence electrons. The van der Waals surface area contributed by atoms with Gasteiger partial charge >= 0.3 is 11.9 Å². The van der Waals surface area contributed by atoms with Crippen molar-refractivity contribution < 1.29 is 14.7 Å². The first-order valence-corrected chi connectivity index (χ1v) is 3.67. The van der Waals surface area contributed by atoms with E-state index in [9.17, 15) is 9.59 Å². The molecule has 1 amide bonds. The van der Waals surface area contributed by atoms with Crippen LogP contribution in [-0.2, 0) is 9.59 Å². The molecule has 0 aliphatic carbocycles. The van der Waals surface area contributed by atoms with E-state index >= 15 is 0 Å². The number of nitrogens with zero attached hydrogens (tertiary/aromatic N) is 1. The lowest BCUT2D eigenvalue weighted by molar-refractivity contribution is -0.132. The first kappa shape index (κ1) is 11.2. The zero-order chi connectivity index (χ0) is 10.3. The van der Waals surface area contributed by atoms with Gasteiger partial charge in [0.05, 0.1) is 0 Å². The molecular weight excluding hydrogens is 172 g/mol. The van der Waals surface area contributed by atoms with Gasteiger partial charge in [-0.2, -0.15) is 5.26 Å². The molecule has 0 saturated heterocycles. The monoisotopic (exact) mass is 182 g/mol. The van der Waals surface area contributed by atoms with Crippen molar-refractivity contribution in [3.05, 3.63) is 12.2 Å². The molecular formula is C8H10N2O3. The third-order valence-electron chi connectivity index (χ3n) is 1.34. The molecule has 0 aromatic carbocycles. The highest BCUT2D eigenvalue weighted by atomic mass is 16.4. The van der Waals surface area contributed by atoms with Crippen LogP contribution >= 0.6 is 0 Å². The lowest BCUT2D eigenvalue weighted by Gasteiger charge is -2.00. The van der Waals surface area contributed by atoms with Gasteiger partial charge in [0.2, 0.25) is 0 Å². The zero-order valence-electron chi connectivity index (χ0n) is 7.04. The van der Waals surface area contributed by atoms with Crippen molar-refractivity contribution in [1.29, 1.82) is 5.26 Å². The number of carbonyl (C=O) groups excluding carboxylic acids is 1. The number of nitrogens with one attached hydrogen (secondary N) is 1. The van der Waals surface area contributed by atoms with Crippen LogP contribution < -0.4 is 5.32 Å². The fourth-order valence-electron chi connectivity index (χ4n) is 0.650. The molecule has 0 radical (unpaired) electrons. The Morgan fingerprint density at radius 1 is 1.54 bits per heavy atom. The Morgan fingerprint density at radius 2 is 2.15 bits per heavy atom. The predicted octanol–water partition coefficient (Wildman–Crippen LogP) is 0.0472. The summed E-state index contributed by atoms with van der Waals surface area (Å²) >= 11 is 0. The summed E-state index contributed by atoms with van der Waals surface area (Å²) in [5, 5.41) is 18.7. The Bertz CT molecular complexity index is 265. The van der Waals surface area contributed by atoms with E-state index in [1.54, 1.807) is 0 Å². The average molecular weight is 182 g/mol. The number of carbonyl (C=O) groups is 2. The average Bonchev–Trinajstić information content (AvgIpc) is 2.11. The van der Waals surface area contributed by atoms with E-state index in [0.29, 0.717) is 19.4 Å². The number of rotatable bonds is 5. The van der Waals surface area contributed by atoms with Gasteiger partial charge in [0.1, 0.15) is 0 Å². The van der Waals surface area contributed by atoms with Crippen LogP contribution in [0.2, 0.25) is 0 Å². The molecule has 0 spiro atoms. The molecule has 0 bridgehead atoms. The highest BCUT2D eigenvalue weighted by Crippen LogP contribution is 2.00. The fraction of sp³-hybridized carbons (Fsp3) is 0.375. The van der Waals surface area contributed by atoms with Crippen LogP contribution in [-0.4, -0.2) is 23.5 Å². The molecule has 0 heterocycles. The molecule has 0 rings (SSSR count). The van der Waals surface area contributed by atoms with Crippen molar-refractivity contribution in [2.24, 2.45) is 0 Å². The minimum atomic E-state index is -1.04. The molecule has 5 nitrogen and oxygen atoms in total. The van der Waals surface area contributed by atoms with Crippen molar-refractivity contribution in [3.63, 3.8) is 0 Å². The largest absolute Gasteiger partial charge is 0.478 e. The number of aliphatic carboxylic acids is 1. The zero-order valence-corrected chi connectivity index (χ0v) is 7.04. The van der Waals surface area contributed by atoms with Crippen LogP contribution in [0.5, 0.6) is 0 Å². The van der Waals surface area contributed by atoms with Crippen LogP contribution in [0.15, 0.2) is 12.2 Å². The summed E-state index contributed by atoms with van der Waals surface area (Å²) in [6, 6.07) is 1.39. The predicted molar refractivity (Wildman–Crippen MR) is 44.6 cm³/mol. The summed E-state index contributed by atoms with van der Waals surface area (Å²) in [7, 11) is 0. The Hall–Kier alpha value is -1.83. The summed E-state index contributed by atoms with van der Waals surface area (Å²) in [6.07, 6.45) is 0.777. The molecule has 0 aromatic rings. The molecule has 0 atom stereocenters. The maximum Gasteiger partial charge on any atom is 0.330 e. The Labute approximate surface area is 75.7 Å². The summed E-state index contributed by atoms with van der Waals surface area (Å²) in [4.78, 5) is 20.6. The maximum atomic E-state index is 10.4. The van der Waals surface area contributed by atoms with Crippen molar-refractivity contribution >= 4 is 11.9 Å². The van der Waals surface area contributed by atoms with E-state index in [0.717, 1.165) is 0 Å². The molecule has 5 heteroatoms. The molecule has 2 N–H and O–H groups in total. The Morgan fingerprint density at radius 3 is 2.62 bits per heavy atom. The van der Waals surface area contributed by atoms with E-state index < -0.39 is 11.9 Å². The minimum absolute atomic E-state index is 0.103. The smallest absolute Gasteiger partial charge is 0.330 e. The highest BCUT2D eigenvalue weighted by molar-refractivity contribution is 5.91. The van der Waals surface area contributed by atoms with E-state index in [1.807, 2.05) is 0 Å². The molecule has 0 aliphatic rings. The first-order chi connectivity index (χ1) is 6.07. The number of carboxylic acids is 1. The maximum absolute atomic E-state index is 10.4. The second-order valence-electron chi connectivity index (χ2n) is 2.38. The van der Waals surface area contributed by atoms with Gasteiger partial charge in [-0.05, 0) is 12.8 Å². The Kier molecular flexibility index (Phi) is 4.96. The van der Waals surface area contributed by atoms with Gasteiger partial charge in [-0.25, -0.2) is 4.79 Å². The first-order valence-electron chi connectivity index (χ1n) is 3.67. The van der Waals surface area contributed by atoms with Gasteiger partial charge in [0.25, 0.3) is 0 Å². The standard InChI is InChI=1S/C8H10N2O3/c1-6(8(12)13)3-2-4-10-7(11)5-9/h1-4H2,(H,10,11)(H,12,13). The van der Waals surface area contributed by atoms with Crippen LogP contribution in [0.25, 0.3) is 0 Å². The van der Waals surface area contributed by atoms with Crippen molar-refractivity contribution in [2.75, 3.05) is 6.54 Å². The van der Waals surface area contributed by atoms with Crippen LogP contribution in [0.3, 0.4) is 0 Å². The van der Waals surface area contributed by atoms with Crippen LogP contribution in [0.4, 0.5) is 0 Å².